The standard InChI is InChI=1S/C10H18O.H4O7P2/c1-5-10(4,11)8-6-7-9(2)3;1-8(2,3)7-9(4,5)6/h5,7,11H,1,6,8H2,2-4H3;(H2,1,2,3)(H2,4,5,6). The summed E-state index contributed by atoms with van der Waals surface area (Å²) in [5.74, 6) is 0. The van der Waals surface area contributed by atoms with Crippen LogP contribution < -0.4 is 0 Å². The predicted octanol–water partition coefficient (Wildman–Crippen LogP) is 1.86. The van der Waals surface area contributed by atoms with Gasteiger partial charge in [0.1, 0.15) is 0 Å². The van der Waals surface area contributed by atoms with E-state index in [-0.39, 0.29) is 0 Å². The Morgan fingerprint density at radius 1 is 1.20 bits per heavy atom. The number of rotatable bonds is 6. The summed E-state index contributed by atoms with van der Waals surface area (Å²) in [5.41, 5.74) is 0.594. The third-order valence-electron chi connectivity index (χ3n) is 1.86. The molecule has 10 heteroatoms. The smallest absolute Gasteiger partial charge is 0.386 e. The van der Waals surface area contributed by atoms with E-state index >= 15 is 0 Å². The molecule has 0 rings (SSSR count). The second-order valence-corrected chi connectivity index (χ2v) is 7.06. The number of hydrogen-bond acceptors (Lipinski definition) is 4. The van der Waals surface area contributed by atoms with Crippen molar-refractivity contribution in [2.45, 2.75) is 39.2 Å². The normalized spacial score (nSPS) is 14.6. The number of phosphoric acid groups is 2. The highest BCUT2D eigenvalue weighted by atomic mass is 31.3. The van der Waals surface area contributed by atoms with Crippen LogP contribution in [0.3, 0.4) is 0 Å². The SMILES string of the molecule is C=CC(C)(O)CCC=C(C)C.O=P(O)(O)OP(=O)(O)O. The van der Waals surface area contributed by atoms with Gasteiger partial charge in [-0.05, 0) is 33.6 Å². The Balaban J connectivity index is 0. The van der Waals surface area contributed by atoms with Crippen molar-refractivity contribution < 1.29 is 38.1 Å². The maximum Gasteiger partial charge on any atom is 0.478 e. The minimum absolute atomic E-state index is 0.702. The fourth-order valence-corrected chi connectivity index (χ4v) is 2.00. The summed E-state index contributed by atoms with van der Waals surface area (Å²) in [6.07, 6.45) is 5.38. The lowest BCUT2D eigenvalue weighted by Crippen LogP contribution is -2.19. The molecule has 1 atom stereocenters. The lowest BCUT2D eigenvalue weighted by Gasteiger charge is -2.16. The van der Waals surface area contributed by atoms with Crippen molar-refractivity contribution in [1.29, 1.82) is 0 Å². The van der Waals surface area contributed by atoms with Gasteiger partial charge in [-0.1, -0.05) is 17.7 Å². The van der Waals surface area contributed by atoms with Gasteiger partial charge in [0.2, 0.25) is 0 Å². The summed E-state index contributed by atoms with van der Waals surface area (Å²) < 4.78 is 22.2. The number of allylic oxidation sites excluding steroid dienone is 2. The molecule has 5 N–H and O–H groups in total. The van der Waals surface area contributed by atoms with Crippen LogP contribution >= 0.6 is 15.6 Å². The largest absolute Gasteiger partial charge is 0.478 e. The first-order valence-electron chi connectivity index (χ1n) is 5.50. The van der Waals surface area contributed by atoms with Crippen LogP contribution in [0.25, 0.3) is 0 Å². The zero-order valence-corrected chi connectivity index (χ0v) is 13.4. The van der Waals surface area contributed by atoms with Crippen LogP contribution in [0, 0.1) is 0 Å². The molecule has 0 saturated carbocycles. The van der Waals surface area contributed by atoms with Crippen molar-refractivity contribution in [3.63, 3.8) is 0 Å². The first kappa shape index (κ1) is 22.0. The van der Waals surface area contributed by atoms with E-state index in [1.165, 1.54) is 5.57 Å². The Kier molecular flexibility index (Phi) is 9.75. The second-order valence-electron chi connectivity index (χ2n) is 4.44. The Bertz CT molecular complexity index is 393. The molecule has 0 spiro atoms. The average molecular weight is 332 g/mol. The highest BCUT2D eigenvalue weighted by molar-refractivity contribution is 7.60. The highest BCUT2D eigenvalue weighted by Crippen LogP contribution is 2.53. The lowest BCUT2D eigenvalue weighted by atomic mass is 10.00. The first-order chi connectivity index (χ1) is 8.68. The van der Waals surface area contributed by atoms with Crippen molar-refractivity contribution in [2.75, 3.05) is 0 Å². The summed E-state index contributed by atoms with van der Waals surface area (Å²) in [7, 11) is -10.1. The number of aliphatic hydroxyl groups is 1. The van der Waals surface area contributed by atoms with Gasteiger partial charge in [0.05, 0.1) is 5.60 Å². The van der Waals surface area contributed by atoms with Gasteiger partial charge in [-0.3, -0.25) is 0 Å². The van der Waals surface area contributed by atoms with Gasteiger partial charge in [0, 0.05) is 0 Å². The Morgan fingerprint density at radius 2 is 1.60 bits per heavy atom. The van der Waals surface area contributed by atoms with Gasteiger partial charge in [-0.2, -0.15) is 4.31 Å². The molecule has 0 aliphatic rings. The minimum Gasteiger partial charge on any atom is -0.386 e. The van der Waals surface area contributed by atoms with E-state index in [1.54, 1.807) is 13.0 Å². The fourth-order valence-electron chi connectivity index (χ4n) is 0.894. The van der Waals surface area contributed by atoms with Gasteiger partial charge in [0.25, 0.3) is 0 Å². The van der Waals surface area contributed by atoms with Crippen molar-refractivity contribution in [3.8, 4) is 0 Å². The summed E-state index contributed by atoms with van der Waals surface area (Å²) in [4.78, 5) is 31.0. The van der Waals surface area contributed by atoms with Crippen molar-refractivity contribution >= 4 is 15.6 Å². The van der Waals surface area contributed by atoms with E-state index in [1.807, 2.05) is 0 Å². The summed E-state index contributed by atoms with van der Waals surface area (Å²) >= 11 is 0. The molecule has 1 unspecified atom stereocenters. The molecule has 120 valence electrons. The molecule has 0 aromatic rings. The summed E-state index contributed by atoms with van der Waals surface area (Å²) in [5, 5.41) is 9.49. The van der Waals surface area contributed by atoms with Crippen LogP contribution in [-0.4, -0.2) is 30.3 Å². The Morgan fingerprint density at radius 3 is 1.80 bits per heavy atom. The summed E-state index contributed by atoms with van der Waals surface area (Å²) in [6.45, 7) is 9.45. The van der Waals surface area contributed by atoms with Crippen LogP contribution in [-0.2, 0) is 13.4 Å². The third kappa shape index (κ3) is 20.0. The van der Waals surface area contributed by atoms with Crippen molar-refractivity contribution in [2.24, 2.45) is 0 Å². The lowest BCUT2D eigenvalue weighted by molar-refractivity contribution is 0.103. The van der Waals surface area contributed by atoms with Crippen LogP contribution in [0.4, 0.5) is 0 Å². The quantitative estimate of drug-likeness (QED) is 0.366. The maximum atomic E-state index is 9.63. The molecule has 0 radical (unpaired) electrons. The fraction of sp³-hybridized carbons (Fsp3) is 0.600. The van der Waals surface area contributed by atoms with E-state index in [9.17, 15) is 14.2 Å². The molecule has 20 heavy (non-hydrogen) atoms. The molecule has 0 aromatic carbocycles. The van der Waals surface area contributed by atoms with Crippen LogP contribution in [0.15, 0.2) is 24.3 Å². The monoisotopic (exact) mass is 332 g/mol. The first-order valence-corrected chi connectivity index (χ1v) is 8.56. The molecule has 0 amide bonds. The molecule has 0 heterocycles. The highest BCUT2D eigenvalue weighted by Gasteiger charge is 2.27. The molecule has 0 aliphatic heterocycles. The molecule has 8 nitrogen and oxygen atoms in total. The van der Waals surface area contributed by atoms with E-state index in [4.69, 9.17) is 19.6 Å². The molecular formula is C10H22O8P2. The Hall–Kier alpha value is -0.300. The zero-order valence-electron chi connectivity index (χ0n) is 11.6. The van der Waals surface area contributed by atoms with E-state index in [0.717, 1.165) is 12.8 Å². The van der Waals surface area contributed by atoms with Gasteiger partial charge in [-0.25, -0.2) is 9.13 Å². The van der Waals surface area contributed by atoms with E-state index < -0.39 is 21.2 Å². The predicted molar refractivity (Wildman–Crippen MR) is 74.7 cm³/mol. The van der Waals surface area contributed by atoms with Crippen molar-refractivity contribution in [1.82, 2.24) is 0 Å². The van der Waals surface area contributed by atoms with Gasteiger partial charge >= 0.3 is 15.6 Å². The second kappa shape index (κ2) is 8.87. The van der Waals surface area contributed by atoms with Gasteiger partial charge in [0.15, 0.2) is 0 Å². The minimum atomic E-state index is -5.05. The van der Waals surface area contributed by atoms with E-state index in [0.29, 0.717) is 0 Å². The molecule has 0 aliphatic carbocycles. The Labute approximate surface area is 118 Å². The molecular weight excluding hydrogens is 310 g/mol. The molecule has 0 aromatic heterocycles. The van der Waals surface area contributed by atoms with Crippen LogP contribution in [0.5, 0.6) is 0 Å². The maximum absolute atomic E-state index is 9.63. The molecule has 0 saturated heterocycles. The van der Waals surface area contributed by atoms with E-state index in [2.05, 4.69) is 30.8 Å². The van der Waals surface area contributed by atoms with Crippen molar-refractivity contribution in [3.05, 3.63) is 24.3 Å². The molecule has 0 fully saturated rings. The third-order valence-corrected chi connectivity index (χ3v) is 3.56. The topological polar surface area (TPSA) is 145 Å². The van der Waals surface area contributed by atoms with Crippen LogP contribution in [0.2, 0.25) is 0 Å². The molecule has 0 bridgehead atoms. The van der Waals surface area contributed by atoms with Crippen LogP contribution in [0.1, 0.15) is 33.6 Å². The average Bonchev–Trinajstić information content (AvgIpc) is 2.11. The van der Waals surface area contributed by atoms with Gasteiger partial charge in [-0.15, -0.1) is 6.58 Å². The zero-order chi connectivity index (χ0) is 16.6. The van der Waals surface area contributed by atoms with Gasteiger partial charge < -0.3 is 24.7 Å². The summed E-state index contributed by atoms with van der Waals surface area (Å²) in [6, 6.07) is 0. The number of hydrogen-bond donors (Lipinski definition) is 5.